The Morgan fingerprint density at radius 1 is 0.449 bits per heavy atom. The van der Waals surface area contributed by atoms with Crippen molar-refractivity contribution in [2.75, 3.05) is 9.80 Å². The van der Waals surface area contributed by atoms with Crippen LogP contribution in [0.4, 0.5) is 34.1 Å². The highest BCUT2D eigenvalue weighted by atomic mass is 28.4. The maximum atomic E-state index is 2.73. The summed E-state index contributed by atoms with van der Waals surface area (Å²) in [6, 6.07) is 53.2. The lowest BCUT2D eigenvalue weighted by atomic mass is 9.87. The molecule has 0 saturated heterocycles. The van der Waals surface area contributed by atoms with E-state index in [1.165, 1.54) is 88.7 Å². The van der Waals surface area contributed by atoms with Crippen molar-refractivity contribution in [3.8, 4) is 11.1 Å². The third kappa shape index (κ3) is 8.61. The molecule has 0 saturated carbocycles. The third-order valence-corrected chi connectivity index (χ3v) is 29.9. The molecule has 0 amide bonds. The van der Waals surface area contributed by atoms with Crippen LogP contribution in [0.3, 0.4) is 0 Å². The molecule has 2 aliphatic carbocycles. The largest absolute Gasteiger partial charge is 0.310 e. The molecule has 0 bridgehead atoms. The average Bonchev–Trinajstić information content (AvgIpc) is 3.59. The van der Waals surface area contributed by atoms with Gasteiger partial charge in [-0.1, -0.05) is 189 Å². The summed E-state index contributed by atoms with van der Waals surface area (Å²) in [5, 5.41) is 5.61. The van der Waals surface area contributed by atoms with Crippen LogP contribution in [-0.2, 0) is 11.1 Å². The highest BCUT2D eigenvalue weighted by Crippen LogP contribution is 2.62. The van der Waals surface area contributed by atoms with E-state index in [0.29, 0.717) is 11.8 Å². The van der Waals surface area contributed by atoms with E-state index in [4.69, 9.17) is 0 Å². The quantitative estimate of drug-likeness (QED) is 0.113. The molecule has 0 aromatic heterocycles. The molecule has 0 heterocycles. The summed E-state index contributed by atoms with van der Waals surface area (Å²) < 4.78 is -0.0577. The first kappa shape index (κ1) is 49.0. The van der Waals surface area contributed by atoms with Crippen LogP contribution in [0, 0.1) is 0 Å². The van der Waals surface area contributed by atoms with E-state index >= 15 is 0 Å². The molecule has 0 N–H and O–H groups in total. The summed E-state index contributed by atoms with van der Waals surface area (Å²) in [4.78, 5) is 5.11. The van der Waals surface area contributed by atoms with Gasteiger partial charge in [-0.2, -0.15) is 0 Å². The highest BCUT2D eigenvalue weighted by molar-refractivity contribution is 7.00. The Bertz CT molecular complexity index is 3050. The van der Waals surface area contributed by atoms with Gasteiger partial charge in [0.1, 0.15) is 0 Å². The molecule has 9 rings (SSSR count). The fourth-order valence-electron chi connectivity index (χ4n) is 12.3. The first-order chi connectivity index (χ1) is 32.4. The molecule has 0 spiro atoms. The Morgan fingerprint density at radius 3 is 1.35 bits per heavy atom. The zero-order chi connectivity index (χ0) is 49.6. The Labute approximate surface area is 420 Å². The molecule has 0 aliphatic heterocycles. The standard InChI is InChI=1S/C63H78N2Si4/c1-43(2)45-21-26-49(27-22-45)64(50-31-35-54(36-32-50)66(5,6)7)53-30-25-47-40-58-59(41-48(47)39-53)63(68(11,12)13,69(14,15)16)60-42-61(56-19-17-18-20-57(56)62(58)60)65(51-28-23-46(24-29-51)44(3)4)52-33-37-55(38-34-52)67(8,9)10/h18,20-44H,17,19H2,1-16H3. The Balaban J connectivity index is 1.29. The van der Waals surface area contributed by atoms with Gasteiger partial charge in [-0.3, -0.25) is 0 Å². The van der Waals surface area contributed by atoms with Gasteiger partial charge in [0.2, 0.25) is 0 Å². The van der Waals surface area contributed by atoms with Crippen LogP contribution in [0.25, 0.3) is 28.0 Å². The van der Waals surface area contributed by atoms with Crippen molar-refractivity contribution < 1.29 is 0 Å². The minimum atomic E-state index is -2.07. The van der Waals surface area contributed by atoms with Crippen molar-refractivity contribution in [2.45, 2.75) is 136 Å². The normalized spacial score (nSPS) is 14.6. The zero-order valence-electron chi connectivity index (χ0n) is 44.8. The first-order valence-corrected chi connectivity index (χ1v) is 39.9. The van der Waals surface area contributed by atoms with Gasteiger partial charge >= 0.3 is 0 Å². The molecule has 6 heteroatoms. The summed E-state index contributed by atoms with van der Waals surface area (Å²) in [6.07, 6.45) is 7.03. The minimum absolute atomic E-state index is 0.0577. The number of allylic oxidation sites excluding steroid dienone is 1. The second-order valence-electron chi connectivity index (χ2n) is 25.1. The molecule has 0 unspecified atom stereocenters. The first-order valence-electron chi connectivity index (χ1n) is 25.9. The second kappa shape index (κ2) is 17.7. The fraction of sp³-hybridized carbons (Fsp3) is 0.333. The fourth-order valence-corrected chi connectivity index (χ4v) is 27.7. The van der Waals surface area contributed by atoms with Crippen molar-refractivity contribution >= 4 is 93.6 Å². The molecule has 7 aromatic carbocycles. The molecule has 2 nitrogen and oxygen atoms in total. The van der Waals surface area contributed by atoms with Crippen LogP contribution in [0.15, 0.2) is 140 Å². The van der Waals surface area contributed by atoms with Gasteiger partial charge in [-0.05, 0) is 153 Å². The molecule has 356 valence electrons. The van der Waals surface area contributed by atoms with Crippen LogP contribution in [0.1, 0.15) is 79.3 Å². The molecule has 7 aromatic rings. The van der Waals surface area contributed by atoms with Gasteiger partial charge < -0.3 is 9.80 Å². The topological polar surface area (TPSA) is 6.48 Å². The maximum absolute atomic E-state index is 2.73. The van der Waals surface area contributed by atoms with E-state index in [2.05, 4.69) is 262 Å². The van der Waals surface area contributed by atoms with Crippen LogP contribution in [0.5, 0.6) is 0 Å². The van der Waals surface area contributed by atoms with E-state index in [0.717, 1.165) is 12.8 Å². The lowest BCUT2D eigenvalue weighted by Crippen LogP contribution is -2.63. The number of hydrogen-bond acceptors (Lipinski definition) is 2. The van der Waals surface area contributed by atoms with Crippen LogP contribution < -0.4 is 20.2 Å². The molecule has 0 atom stereocenters. The number of fused-ring (bicyclic) bond motifs is 6. The van der Waals surface area contributed by atoms with Gasteiger partial charge in [0.05, 0.1) is 38.0 Å². The molecule has 0 radical (unpaired) electrons. The van der Waals surface area contributed by atoms with Gasteiger partial charge in [0.15, 0.2) is 0 Å². The van der Waals surface area contributed by atoms with E-state index < -0.39 is 32.3 Å². The Hall–Kier alpha value is -4.99. The highest BCUT2D eigenvalue weighted by Gasteiger charge is 2.60. The van der Waals surface area contributed by atoms with Crippen LogP contribution in [0.2, 0.25) is 78.6 Å². The second-order valence-corrected chi connectivity index (χ2v) is 46.2. The number of benzene rings is 7. The summed E-state index contributed by atoms with van der Waals surface area (Å²) >= 11 is 0. The SMILES string of the molecule is CC(C)c1ccc(N(c2ccc([Si](C)(C)C)cc2)c2ccc3cc4c(cc3c2)C([Si](C)(C)C)([Si](C)(C)C)c2cc(N(c3ccc(C(C)C)cc3)c3ccc([Si](C)(C)C)cc3)c3c(c2-4)C=CCC3)cc1. The summed E-state index contributed by atoms with van der Waals surface area (Å²) in [6.45, 7) is 39.9. The minimum Gasteiger partial charge on any atom is -0.310 e. The average molecular weight is 976 g/mol. The van der Waals surface area contributed by atoms with Gasteiger partial charge in [-0.15, -0.1) is 0 Å². The smallest absolute Gasteiger partial charge is 0.0775 e. The van der Waals surface area contributed by atoms with Gasteiger partial charge in [0.25, 0.3) is 0 Å². The lowest BCUT2D eigenvalue weighted by molar-refractivity contribution is 0.866. The van der Waals surface area contributed by atoms with Crippen molar-refractivity contribution in [3.63, 3.8) is 0 Å². The van der Waals surface area contributed by atoms with E-state index in [9.17, 15) is 0 Å². The van der Waals surface area contributed by atoms with Crippen molar-refractivity contribution in [1.82, 2.24) is 0 Å². The summed E-state index contributed by atoms with van der Waals surface area (Å²) in [7, 11) is -7.12. The van der Waals surface area contributed by atoms with Crippen molar-refractivity contribution in [2.24, 2.45) is 0 Å². The Kier molecular flexibility index (Phi) is 12.6. The molecular weight excluding hydrogens is 897 g/mol. The van der Waals surface area contributed by atoms with Crippen molar-refractivity contribution in [1.29, 1.82) is 0 Å². The maximum Gasteiger partial charge on any atom is 0.0775 e. The predicted octanol–water partition coefficient (Wildman–Crippen LogP) is 18.1. The van der Waals surface area contributed by atoms with E-state index in [-0.39, 0.29) is 4.66 Å². The molecule has 2 aliphatic rings. The monoisotopic (exact) mass is 975 g/mol. The molecule has 0 fully saturated rings. The predicted molar refractivity (Wildman–Crippen MR) is 318 cm³/mol. The van der Waals surface area contributed by atoms with Crippen LogP contribution in [-0.4, -0.2) is 32.3 Å². The number of nitrogens with zero attached hydrogens (tertiary/aromatic N) is 2. The molecule has 69 heavy (non-hydrogen) atoms. The molecular formula is C63H78N2Si4. The number of hydrogen-bond donors (Lipinski definition) is 0. The number of anilines is 6. The van der Waals surface area contributed by atoms with Gasteiger partial charge in [-0.25, -0.2) is 0 Å². The third-order valence-electron chi connectivity index (χ3n) is 15.7. The van der Waals surface area contributed by atoms with Gasteiger partial charge in [0, 0.05) is 33.1 Å². The Morgan fingerprint density at radius 2 is 0.899 bits per heavy atom. The van der Waals surface area contributed by atoms with Crippen molar-refractivity contribution in [3.05, 3.63) is 173 Å². The lowest BCUT2D eigenvalue weighted by Gasteiger charge is -2.51. The zero-order valence-corrected chi connectivity index (χ0v) is 48.8. The van der Waals surface area contributed by atoms with E-state index in [1.54, 1.807) is 11.1 Å². The van der Waals surface area contributed by atoms with Crippen LogP contribution >= 0.6 is 0 Å². The summed E-state index contributed by atoms with van der Waals surface area (Å²) in [5.74, 6) is 0.951. The summed E-state index contributed by atoms with van der Waals surface area (Å²) in [5.41, 5.74) is 19.2. The number of rotatable bonds is 12. The van der Waals surface area contributed by atoms with E-state index in [1.807, 2.05) is 0 Å².